The fourth-order valence-electron chi connectivity index (χ4n) is 2.21. The van der Waals surface area contributed by atoms with Gasteiger partial charge in [0, 0.05) is 6.07 Å². The maximum atomic E-state index is 12.2. The van der Waals surface area contributed by atoms with Crippen LogP contribution in [0.5, 0.6) is 11.5 Å². The summed E-state index contributed by atoms with van der Waals surface area (Å²) >= 11 is -1.24. The number of hydrogen-bond acceptors (Lipinski definition) is 4. The molecule has 2 N–H and O–H groups in total. The van der Waals surface area contributed by atoms with Crippen LogP contribution in [-0.2, 0) is 11.4 Å². The van der Waals surface area contributed by atoms with Gasteiger partial charge < -0.3 is 14.4 Å². The standard InChI is InChI=1S/C13H19NO3S/c1-17-13-9-11(7-8-12(13)15)18(16)14-10-5-3-2-4-6-10/h7-10,14-15H,2-6H2,1H3. The smallest absolute Gasteiger partial charge is 0.177 e. The molecule has 5 heteroatoms. The van der Waals surface area contributed by atoms with E-state index in [1.54, 1.807) is 12.1 Å². The molecule has 1 aliphatic carbocycles. The normalized spacial score (nSPS) is 18.6. The van der Waals surface area contributed by atoms with E-state index in [0.717, 1.165) is 12.8 Å². The summed E-state index contributed by atoms with van der Waals surface area (Å²) in [6, 6.07) is 5.11. The number of benzene rings is 1. The van der Waals surface area contributed by atoms with Crippen LogP contribution in [-0.4, -0.2) is 22.8 Å². The molecule has 0 aromatic heterocycles. The average Bonchev–Trinajstić information content (AvgIpc) is 2.40. The Morgan fingerprint density at radius 3 is 2.72 bits per heavy atom. The molecular formula is C13H19NO3S. The van der Waals surface area contributed by atoms with E-state index >= 15 is 0 Å². The summed E-state index contributed by atoms with van der Waals surface area (Å²) in [5.41, 5.74) is 0. The quantitative estimate of drug-likeness (QED) is 0.824. The van der Waals surface area contributed by atoms with Gasteiger partial charge >= 0.3 is 0 Å². The lowest BCUT2D eigenvalue weighted by Crippen LogP contribution is -2.36. The van der Waals surface area contributed by atoms with Crippen molar-refractivity contribution in [2.24, 2.45) is 0 Å². The number of methoxy groups -OCH3 is 1. The Hall–Kier alpha value is -0.910. The van der Waals surface area contributed by atoms with Gasteiger partial charge in [-0.05, 0) is 25.0 Å². The van der Waals surface area contributed by atoms with Crippen LogP contribution in [0.2, 0.25) is 0 Å². The second-order valence-corrected chi connectivity index (χ2v) is 5.80. The maximum Gasteiger partial charge on any atom is 0.177 e. The van der Waals surface area contributed by atoms with Crippen molar-refractivity contribution in [2.45, 2.75) is 43.0 Å². The third-order valence-electron chi connectivity index (χ3n) is 3.24. The van der Waals surface area contributed by atoms with Gasteiger partial charge in [0.15, 0.2) is 16.4 Å². The largest absolute Gasteiger partial charge is 0.593 e. The first-order valence-corrected chi connectivity index (χ1v) is 7.40. The van der Waals surface area contributed by atoms with Crippen LogP contribution in [0.3, 0.4) is 0 Å². The van der Waals surface area contributed by atoms with E-state index in [2.05, 4.69) is 4.72 Å². The first-order valence-electron chi connectivity index (χ1n) is 6.25. The zero-order chi connectivity index (χ0) is 13.0. The molecular weight excluding hydrogens is 250 g/mol. The number of rotatable bonds is 4. The van der Waals surface area contributed by atoms with Crippen LogP contribution >= 0.6 is 0 Å². The van der Waals surface area contributed by atoms with E-state index in [1.807, 2.05) is 0 Å². The molecule has 0 radical (unpaired) electrons. The minimum Gasteiger partial charge on any atom is -0.593 e. The predicted octanol–water partition coefficient (Wildman–Crippen LogP) is 2.35. The molecule has 0 heterocycles. The van der Waals surface area contributed by atoms with Crippen molar-refractivity contribution in [3.05, 3.63) is 18.2 Å². The fourth-order valence-corrected chi connectivity index (χ4v) is 3.29. The molecule has 0 aliphatic heterocycles. The lowest BCUT2D eigenvalue weighted by atomic mass is 9.96. The number of ether oxygens (including phenoxy) is 1. The van der Waals surface area contributed by atoms with Gasteiger partial charge in [-0.3, -0.25) is 0 Å². The van der Waals surface area contributed by atoms with Crippen molar-refractivity contribution < 1.29 is 14.4 Å². The summed E-state index contributed by atoms with van der Waals surface area (Å²) in [4.78, 5) is 0.634. The zero-order valence-corrected chi connectivity index (χ0v) is 11.3. The number of nitrogens with one attached hydrogen (secondary N) is 1. The van der Waals surface area contributed by atoms with E-state index in [1.165, 1.54) is 32.4 Å². The molecule has 100 valence electrons. The van der Waals surface area contributed by atoms with Crippen molar-refractivity contribution >= 4 is 11.4 Å². The minimum atomic E-state index is -1.24. The number of aromatic hydroxyl groups is 1. The van der Waals surface area contributed by atoms with Gasteiger partial charge in [-0.1, -0.05) is 19.3 Å². The van der Waals surface area contributed by atoms with E-state index in [9.17, 15) is 9.66 Å². The first-order chi connectivity index (χ1) is 8.70. The maximum absolute atomic E-state index is 12.2. The Bertz CT molecular complexity index is 394. The molecule has 0 bridgehead atoms. The summed E-state index contributed by atoms with van der Waals surface area (Å²) in [5.74, 6) is 0.419. The van der Waals surface area contributed by atoms with Gasteiger partial charge in [-0.2, -0.15) is 0 Å². The van der Waals surface area contributed by atoms with Crippen molar-refractivity contribution in [1.29, 1.82) is 0 Å². The Kier molecular flexibility index (Phi) is 4.74. The molecule has 0 saturated heterocycles. The van der Waals surface area contributed by atoms with Crippen LogP contribution < -0.4 is 9.46 Å². The minimum absolute atomic E-state index is 0.0657. The molecule has 2 rings (SSSR count). The molecule has 1 fully saturated rings. The number of phenolic OH excluding ortho intramolecular Hbond substituents is 1. The average molecular weight is 269 g/mol. The van der Waals surface area contributed by atoms with Crippen LogP contribution in [0.25, 0.3) is 0 Å². The van der Waals surface area contributed by atoms with E-state index in [0.29, 0.717) is 16.7 Å². The van der Waals surface area contributed by atoms with Gasteiger partial charge in [0.2, 0.25) is 0 Å². The molecule has 1 saturated carbocycles. The molecule has 1 aliphatic rings. The predicted molar refractivity (Wildman–Crippen MR) is 71.1 cm³/mol. The topological polar surface area (TPSA) is 64.5 Å². The summed E-state index contributed by atoms with van der Waals surface area (Å²) in [7, 11) is 1.48. The second-order valence-electron chi connectivity index (χ2n) is 4.56. The van der Waals surface area contributed by atoms with E-state index < -0.39 is 11.4 Å². The second kappa shape index (κ2) is 6.31. The highest BCUT2D eigenvalue weighted by Crippen LogP contribution is 2.28. The first kappa shape index (κ1) is 13.5. The molecule has 4 nitrogen and oxygen atoms in total. The lowest BCUT2D eigenvalue weighted by Gasteiger charge is -2.23. The summed E-state index contributed by atoms with van der Waals surface area (Å²) in [6.45, 7) is 0. The van der Waals surface area contributed by atoms with Gasteiger partial charge in [-0.25, -0.2) is 0 Å². The number of phenols is 1. The Labute approximate surface area is 111 Å². The zero-order valence-electron chi connectivity index (χ0n) is 10.5. The van der Waals surface area contributed by atoms with Crippen molar-refractivity contribution in [2.75, 3.05) is 7.11 Å². The Morgan fingerprint density at radius 1 is 1.33 bits per heavy atom. The Morgan fingerprint density at radius 2 is 2.06 bits per heavy atom. The summed E-state index contributed by atoms with van der Waals surface area (Å²) < 4.78 is 20.3. The molecule has 1 aromatic rings. The SMILES string of the molecule is COc1cc([S+]([O-])NC2CCCCC2)ccc1O. The van der Waals surface area contributed by atoms with Crippen molar-refractivity contribution in [1.82, 2.24) is 4.72 Å². The van der Waals surface area contributed by atoms with Gasteiger partial charge in [0.05, 0.1) is 24.5 Å². The van der Waals surface area contributed by atoms with Crippen LogP contribution in [0.4, 0.5) is 0 Å². The van der Waals surface area contributed by atoms with Crippen molar-refractivity contribution in [3.8, 4) is 11.5 Å². The highest BCUT2D eigenvalue weighted by molar-refractivity contribution is 7.89. The third kappa shape index (κ3) is 3.31. The Balaban J connectivity index is 2.01. The van der Waals surface area contributed by atoms with Crippen LogP contribution in [0.1, 0.15) is 32.1 Å². The van der Waals surface area contributed by atoms with E-state index in [4.69, 9.17) is 4.74 Å². The van der Waals surface area contributed by atoms with Gasteiger partial charge in [0.1, 0.15) is 0 Å². The van der Waals surface area contributed by atoms with Gasteiger partial charge in [-0.15, -0.1) is 4.72 Å². The molecule has 18 heavy (non-hydrogen) atoms. The van der Waals surface area contributed by atoms with Crippen LogP contribution in [0.15, 0.2) is 23.1 Å². The van der Waals surface area contributed by atoms with Crippen molar-refractivity contribution in [3.63, 3.8) is 0 Å². The van der Waals surface area contributed by atoms with Crippen LogP contribution in [0, 0.1) is 0 Å². The van der Waals surface area contributed by atoms with E-state index in [-0.39, 0.29) is 5.75 Å². The summed E-state index contributed by atoms with van der Waals surface area (Å²) in [5, 5.41) is 9.49. The van der Waals surface area contributed by atoms with Gasteiger partial charge in [0.25, 0.3) is 0 Å². The highest BCUT2D eigenvalue weighted by Gasteiger charge is 2.21. The monoisotopic (exact) mass is 269 g/mol. The fraction of sp³-hybridized carbons (Fsp3) is 0.538. The third-order valence-corrected chi connectivity index (χ3v) is 4.47. The molecule has 0 spiro atoms. The molecule has 1 aromatic carbocycles. The number of hydrogen-bond donors (Lipinski definition) is 2. The lowest BCUT2D eigenvalue weighted by molar-refractivity contribution is 0.372. The highest BCUT2D eigenvalue weighted by atomic mass is 32.2. The molecule has 1 atom stereocenters. The molecule has 1 unspecified atom stereocenters. The summed E-state index contributed by atoms with van der Waals surface area (Å²) in [6.07, 6.45) is 5.85. The molecule has 0 amide bonds.